The minimum absolute atomic E-state index is 0.0831. The number of alkyl halides is 3. The van der Waals surface area contributed by atoms with Crippen molar-refractivity contribution in [1.29, 1.82) is 0 Å². The highest BCUT2D eigenvalue weighted by molar-refractivity contribution is 6.07. The van der Waals surface area contributed by atoms with E-state index < -0.39 is 46.5 Å². The van der Waals surface area contributed by atoms with E-state index in [-0.39, 0.29) is 17.0 Å². The predicted octanol–water partition coefficient (Wildman–Crippen LogP) is 4.39. The van der Waals surface area contributed by atoms with Crippen LogP contribution in [0.5, 0.6) is 11.6 Å². The number of rotatable bonds is 5. The monoisotopic (exact) mass is 448 g/mol. The van der Waals surface area contributed by atoms with Gasteiger partial charge in [0.15, 0.2) is 5.69 Å². The molecule has 0 unspecified atom stereocenters. The highest BCUT2D eigenvalue weighted by Gasteiger charge is 2.38. The number of aromatic nitrogens is 2. The maximum absolute atomic E-state index is 13.4. The van der Waals surface area contributed by atoms with Crippen molar-refractivity contribution in [2.45, 2.75) is 20.0 Å². The van der Waals surface area contributed by atoms with Crippen LogP contribution in [0.15, 0.2) is 42.5 Å². The minimum atomic E-state index is -4.86. The highest BCUT2D eigenvalue weighted by atomic mass is 19.4. The Morgan fingerprint density at radius 3 is 2.25 bits per heavy atom. The average molecular weight is 448 g/mol. The summed E-state index contributed by atoms with van der Waals surface area (Å²) in [5, 5.41) is 9.05. The number of ether oxygens (including phenoxy) is 1. The summed E-state index contributed by atoms with van der Waals surface area (Å²) in [6.07, 6.45) is -4.86. The van der Waals surface area contributed by atoms with Crippen molar-refractivity contribution in [3.8, 4) is 11.6 Å². The van der Waals surface area contributed by atoms with Gasteiger partial charge in [-0.05, 0) is 67.4 Å². The lowest BCUT2D eigenvalue weighted by Crippen LogP contribution is -2.21. The summed E-state index contributed by atoms with van der Waals surface area (Å²) in [5.41, 5.74) is 3.50. The molecule has 0 radical (unpaired) electrons. The first-order chi connectivity index (χ1) is 15.0. The molecule has 7 nitrogen and oxygen atoms in total. The molecule has 3 aromatic rings. The second kappa shape index (κ2) is 8.61. The van der Waals surface area contributed by atoms with E-state index in [0.717, 1.165) is 19.1 Å². The molecule has 0 bridgehead atoms. The molecule has 0 atom stereocenters. The summed E-state index contributed by atoms with van der Waals surface area (Å²) in [5.74, 6) is -2.58. The molecule has 1 aromatic heterocycles. The highest BCUT2D eigenvalue weighted by Crippen LogP contribution is 2.35. The van der Waals surface area contributed by atoms with Gasteiger partial charge in [0.2, 0.25) is 5.91 Å². The molecule has 2 aromatic carbocycles. The SMILES string of the molecule is Cc1cc(F)ccc1Oc1nnc(C(F)(F)F)c(C)c1C(=O)Nc1ccc(C(N)=O)cc1. The van der Waals surface area contributed by atoms with Gasteiger partial charge in [-0.2, -0.15) is 13.2 Å². The fourth-order valence-corrected chi connectivity index (χ4v) is 2.85. The third kappa shape index (κ3) is 4.82. The molecule has 32 heavy (non-hydrogen) atoms. The molecule has 0 saturated carbocycles. The van der Waals surface area contributed by atoms with Gasteiger partial charge in [-0.15, -0.1) is 10.2 Å². The predicted molar refractivity (Wildman–Crippen MR) is 106 cm³/mol. The van der Waals surface area contributed by atoms with Crippen molar-refractivity contribution in [1.82, 2.24) is 10.2 Å². The maximum Gasteiger partial charge on any atom is 0.435 e. The lowest BCUT2D eigenvalue weighted by Gasteiger charge is -2.16. The van der Waals surface area contributed by atoms with Crippen LogP contribution in [0.2, 0.25) is 0 Å². The van der Waals surface area contributed by atoms with E-state index in [2.05, 4.69) is 15.5 Å². The number of aryl methyl sites for hydroxylation is 1. The van der Waals surface area contributed by atoms with E-state index in [9.17, 15) is 27.2 Å². The van der Waals surface area contributed by atoms with Gasteiger partial charge < -0.3 is 15.8 Å². The number of carbonyl (C=O) groups excluding carboxylic acids is 2. The van der Waals surface area contributed by atoms with Gasteiger partial charge in [0.25, 0.3) is 11.8 Å². The fourth-order valence-electron chi connectivity index (χ4n) is 2.85. The Morgan fingerprint density at radius 2 is 1.69 bits per heavy atom. The third-order valence-corrected chi connectivity index (χ3v) is 4.45. The number of nitrogens with two attached hydrogens (primary N) is 1. The maximum atomic E-state index is 13.4. The van der Waals surface area contributed by atoms with Crippen LogP contribution in [0.3, 0.4) is 0 Å². The second-order valence-electron chi connectivity index (χ2n) is 6.76. The third-order valence-electron chi connectivity index (χ3n) is 4.45. The van der Waals surface area contributed by atoms with E-state index in [0.29, 0.717) is 5.56 Å². The number of hydrogen-bond donors (Lipinski definition) is 2. The van der Waals surface area contributed by atoms with Crippen molar-refractivity contribution in [3.05, 3.63) is 76.2 Å². The Bertz CT molecular complexity index is 1190. The zero-order valence-corrected chi connectivity index (χ0v) is 16.7. The lowest BCUT2D eigenvalue weighted by molar-refractivity contribution is -0.142. The fraction of sp³-hybridized carbons (Fsp3) is 0.143. The molecule has 0 fully saturated rings. The number of hydrogen-bond acceptors (Lipinski definition) is 5. The first-order valence-electron chi connectivity index (χ1n) is 9.07. The summed E-state index contributed by atoms with van der Waals surface area (Å²) >= 11 is 0. The number of nitrogens with one attached hydrogen (secondary N) is 1. The molecule has 0 saturated heterocycles. The lowest BCUT2D eigenvalue weighted by atomic mass is 10.1. The molecular formula is C21H16F4N4O3. The van der Waals surface area contributed by atoms with E-state index in [1.54, 1.807) is 0 Å². The van der Waals surface area contributed by atoms with E-state index >= 15 is 0 Å². The van der Waals surface area contributed by atoms with Crippen LogP contribution in [-0.2, 0) is 6.18 Å². The number of primary amides is 1. The van der Waals surface area contributed by atoms with Crippen molar-refractivity contribution in [3.63, 3.8) is 0 Å². The second-order valence-corrected chi connectivity index (χ2v) is 6.76. The number of amides is 2. The van der Waals surface area contributed by atoms with E-state index in [1.165, 1.54) is 37.3 Å². The summed E-state index contributed by atoms with van der Waals surface area (Å²) in [4.78, 5) is 24.1. The van der Waals surface area contributed by atoms with Gasteiger partial charge in [-0.1, -0.05) is 0 Å². The number of carbonyl (C=O) groups is 2. The molecule has 0 aliphatic heterocycles. The summed E-state index contributed by atoms with van der Waals surface area (Å²) < 4.78 is 58.9. The molecule has 3 N–H and O–H groups in total. The van der Waals surface area contributed by atoms with E-state index in [1.807, 2.05) is 0 Å². The summed E-state index contributed by atoms with van der Waals surface area (Å²) in [6, 6.07) is 8.90. The Labute approximate surface area is 179 Å². The van der Waals surface area contributed by atoms with Crippen molar-refractivity contribution < 1.29 is 31.9 Å². The molecule has 11 heteroatoms. The van der Waals surface area contributed by atoms with Crippen LogP contribution in [0.1, 0.15) is 37.5 Å². The quantitative estimate of drug-likeness (QED) is 0.563. The van der Waals surface area contributed by atoms with Crippen LogP contribution >= 0.6 is 0 Å². The van der Waals surface area contributed by atoms with Crippen LogP contribution in [0.25, 0.3) is 0 Å². The van der Waals surface area contributed by atoms with Gasteiger partial charge in [0, 0.05) is 11.3 Å². The Morgan fingerprint density at radius 1 is 1.03 bits per heavy atom. The molecule has 0 spiro atoms. The Hall–Kier alpha value is -4.02. The van der Waals surface area contributed by atoms with E-state index in [4.69, 9.17) is 10.5 Å². The molecule has 1 heterocycles. The smallest absolute Gasteiger partial charge is 0.435 e. The van der Waals surface area contributed by atoms with Crippen LogP contribution in [0, 0.1) is 19.7 Å². The molecule has 2 amide bonds. The Balaban J connectivity index is 2.03. The summed E-state index contributed by atoms with van der Waals surface area (Å²) in [6.45, 7) is 2.58. The largest absolute Gasteiger partial charge is 0.437 e. The zero-order valence-electron chi connectivity index (χ0n) is 16.7. The average Bonchev–Trinajstić information content (AvgIpc) is 2.69. The first kappa shape index (κ1) is 22.7. The summed E-state index contributed by atoms with van der Waals surface area (Å²) in [7, 11) is 0. The van der Waals surface area contributed by atoms with Crippen LogP contribution in [0.4, 0.5) is 23.2 Å². The van der Waals surface area contributed by atoms with Crippen molar-refractivity contribution >= 4 is 17.5 Å². The van der Waals surface area contributed by atoms with Gasteiger partial charge in [0.1, 0.15) is 17.1 Å². The molecule has 0 aliphatic carbocycles. The topological polar surface area (TPSA) is 107 Å². The van der Waals surface area contributed by atoms with Crippen LogP contribution < -0.4 is 15.8 Å². The zero-order chi connectivity index (χ0) is 23.6. The number of halogens is 4. The first-order valence-corrected chi connectivity index (χ1v) is 9.07. The van der Waals surface area contributed by atoms with Crippen LogP contribution in [-0.4, -0.2) is 22.0 Å². The van der Waals surface area contributed by atoms with Crippen molar-refractivity contribution in [2.75, 3.05) is 5.32 Å². The molecule has 3 rings (SSSR count). The normalized spacial score (nSPS) is 11.2. The molecule has 0 aliphatic rings. The van der Waals surface area contributed by atoms with Crippen molar-refractivity contribution in [2.24, 2.45) is 5.73 Å². The Kier molecular flexibility index (Phi) is 6.10. The molecule has 166 valence electrons. The molecular weight excluding hydrogens is 432 g/mol. The standard InChI is InChI=1S/C21H16F4N4O3/c1-10-9-13(22)5-8-15(10)32-20-16(11(2)17(28-29-20)21(23,24)25)19(31)27-14-6-3-12(4-7-14)18(26)30/h3-9H,1-2H3,(H2,26,30)(H,27,31). The minimum Gasteiger partial charge on any atom is -0.437 e. The van der Waals surface area contributed by atoms with Gasteiger partial charge in [-0.3, -0.25) is 9.59 Å². The van der Waals surface area contributed by atoms with Gasteiger partial charge in [-0.25, -0.2) is 4.39 Å². The number of anilines is 1. The number of nitrogens with zero attached hydrogens (tertiary/aromatic N) is 2. The van der Waals surface area contributed by atoms with Gasteiger partial charge >= 0.3 is 6.18 Å². The number of benzene rings is 2. The van der Waals surface area contributed by atoms with Gasteiger partial charge in [0.05, 0.1) is 0 Å².